The lowest BCUT2D eigenvalue weighted by molar-refractivity contribution is 0.462. The molecule has 11 heavy (non-hydrogen) atoms. The third-order valence-electron chi connectivity index (χ3n) is 1.56. The molecular formula is C8H11NOS. The van der Waals surface area contributed by atoms with Crippen LogP contribution < -0.4 is 5.14 Å². The second kappa shape index (κ2) is 3.64. The number of hydrogen-bond acceptors (Lipinski definition) is 3. The first-order chi connectivity index (χ1) is 5.27. The predicted octanol–water partition coefficient (Wildman–Crippen LogP) is 1.92. The highest BCUT2D eigenvalue weighted by Crippen LogP contribution is 2.25. The van der Waals surface area contributed by atoms with Gasteiger partial charge in [-0.3, -0.25) is 5.14 Å². The molecule has 1 rings (SSSR count). The third-order valence-corrected chi connectivity index (χ3v) is 2.14. The Bertz CT molecular complexity index is 250. The van der Waals surface area contributed by atoms with Crippen LogP contribution in [0, 0.1) is 0 Å². The number of hydrogen-bond donors (Lipinski definition) is 2. The maximum absolute atomic E-state index is 9.23. The molecule has 0 saturated carbocycles. The molecule has 1 aromatic carbocycles. The SMILES string of the molecule is CCc1ccc(O)c(SN)c1. The number of rotatable bonds is 2. The van der Waals surface area contributed by atoms with Crippen molar-refractivity contribution >= 4 is 11.9 Å². The molecule has 60 valence electrons. The summed E-state index contributed by atoms with van der Waals surface area (Å²) >= 11 is 1.07. The molecule has 0 aliphatic rings. The Morgan fingerprint density at radius 1 is 1.55 bits per heavy atom. The second-order valence-electron chi connectivity index (χ2n) is 2.27. The van der Waals surface area contributed by atoms with E-state index < -0.39 is 0 Å². The van der Waals surface area contributed by atoms with Gasteiger partial charge in [-0.1, -0.05) is 13.0 Å². The normalized spacial score (nSPS) is 10.0. The van der Waals surface area contributed by atoms with Crippen molar-refractivity contribution in [3.63, 3.8) is 0 Å². The average molecular weight is 169 g/mol. The van der Waals surface area contributed by atoms with E-state index in [0.29, 0.717) is 0 Å². The van der Waals surface area contributed by atoms with Crippen LogP contribution in [0.4, 0.5) is 0 Å². The summed E-state index contributed by atoms with van der Waals surface area (Å²) in [6, 6.07) is 5.48. The van der Waals surface area contributed by atoms with E-state index in [1.165, 1.54) is 5.56 Å². The molecule has 2 nitrogen and oxygen atoms in total. The molecule has 0 amide bonds. The summed E-state index contributed by atoms with van der Waals surface area (Å²) in [5.74, 6) is 0.259. The van der Waals surface area contributed by atoms with Gasteiger partial charge in [0, 0.05) is 0 Å². The van der Waals surface area contributed by atoms with Crippen molar-refractivity contribution in [1.82, 2.24) is 0 Å². The van der Waals surface area contributed by atoms with Crippen LogP contribution in [0.1, 0.15) is 12.5 Å². The number of aryl methyl sites for hydroxylation is 1. The van der Waals surface area contributed by atoms with Gasteiger partial charge in [0.05, 0.1) is 4.90 Å². The summed E-state index contributed by atoms with van der Waals surface area (Å²) in [5, 5.41) is 14.6. The van der Waals surface area contributed by atoms with E-state index in [4.69, 9.17) is 5.14 Å². The number of nitrogens with two attached hydrogens (primary N) is 1. The Morgan fingerprint density at radius 3 is 2.82 bits per heavy atom. The van der Waals surface area contributed by atoms with Crippen LogP contribution in [-0.4, -0.2) is 5.11 Å². The van der Waals surface area contributed by atoms with Crippen LogP contribution in [0.3, 0.4) is 0 Å². The number of aromatic hydroxyl groups is 1. The molecule has 0 saturated heterocycles. The highest BCUT2D eigenvalue weighted by atomic mass is 32.2. The molecule has 0 heterocycles. The molecule has 0 aromatic heterocycles. The van der Waals surface area contributed by atoms with Gasteiger partial charge in [-0.05, 0) is 36.1 Å². The second-order valence-corrected chi connectivity index (χ2v) is 2.95. The van der Waals surface area contributed by atoms with Gasteiger partial charge in [0.1, 0.15) is 5.75 Å². The quantitative estimate of drug-likeness (QED) is 0.665. The Labute approximate surface area is 70.6 Å². The van der Waals surface area contributed by atoms with E-state index in [0.717, 1.165) is 23.3 Å². The monoisotopic (exact) mass is 169 g/mol. The predicted molar refractivity (Wildman–Crippen MR) is 47.5 cm³/mol. The molecule has 3 heteroatoms. The lowest BCUT2D eigenvalue weighted by Gasteiger charge is -2.02. The average Bonchev–Trinajstić information content (AvgIpc) is 2.05. The highest BCUT2D eigenvalue weighted by molar-refractivity contribution is 7.97. The van der Waals surface area contributed by atoms with E-state index in [1.54, 1.807) is 6.07 Å². The van der Waals surface area contributed by atoms with E-state index in [9.17, 15) is 5.11 Å². The van der Waals surface area contributed by atoms with E-state index in [-0.39, 0.29) is 5.75 Å². The molecule has 0 aliphatic heterocycles. The van der Waals surface area contributed by atoms with Crippen molar-refractivity contribution in [2.75, 3.05) is 0 Å². The Kier molecular flexibility index (Phi) is 2.79. The minimum atomic E-state index is 0.259. The largest absolute Gasteiger partial charge is 0.507 e. The molecule has 1 aromatic rings. The lowest BCUT2D eigenvalue weighted by Crippen LogP contribution is -1.84. The minimum Gasteiger partial charge on any atom is -0.507 e. The van der Waals surface area contributed by atoms with Crippen molar-refractivity contribution in [1.29, 1.82) is 0 Å². The Morgan fingerprint density at radius 2 is 2.27 bits per heavy atom. The maximum Gasteiger partial charge on any atom is 0.130 e. The van der Waals surface area contributed by atoms with E-state index in [2.05, 4.69) is 6.92 Å². The summed E-state index contributed by atoms with van der Waals surface area (Å²) < 4.78 is 0. The summed E-state index contributed by atoms with van der Waals surface area (Å²) in [7, 11) is 0. The van der Waals surface area contributed by atoms with Crippen LogP contribution in [0.25, 0.3) is 0 Å². The zero-order valence-electron chi connectivity index (χ0n) is 6.37. The molecular weight excluding hydrogens is 158 g/mol. The zero-order chi connectivity index (χ0) is 8.27. The molecule has 0 aliphatic carbocycles. The van der Waals surface area contributed by atoms with Crippen molar-refractivity contribution in [3.8, 4) is 5.75 Å². The molecule has 0 fully saturated rings. The third kappa shape index (κ3) is 1.88. The first-order valence-electron chi connectivity index (χ1n) is 3.46. The molecule has 0 radical (unpaired) electrons. The fourth-order valence-electron chi connectivity index (χ4n) is 0.873. The lowest BCUT2D eigenvalue weighted by atomic mass is 10.2. The molecule has 0 spiro atoms. The summed E-state index contributed by atoms with van der Waals surface area (Å²) in [5.41, 5.74) is 1.19. The molecule has 0 bridgehead atoms. The molecule has 3 N–H and O–H groups in total. The first kappa shape index (κ1) is 8.43. The summed E-state index contributed by atoms with van der Waals surface area (Å²) in [6.45, 7) is 2.07. The van der Waals surface area contributed by atoms with Gasteiger partial charge in [-0.2, -0.15) is 0 Å². The van der Waals surface area contributed by atoms with Crippen LogP contribution in [-0.2, 0) is 6.42 Å². The van der Waals surface area contributed by atoms with Gasteiger partial charge in [0.15, 0.2) is 0 Å². The van der Waals surface area contributed by atoms with Gasteiger partial charge in [-0.15, -0.1) is 0 Å². The van der Waals surface area contributed by atoms with Gasteiger partial charge in [-0.25, -0.2) is 0 Å². The smallest absolute Gasteiger partial charge is 0.130 e. The van der Waals surface area contributed by atoms with Crippen LogP contribution in [0.5, 0.6) is 5.75 Å². The van der Waals surface area contributed by atoms with Gasteiger partial charge in [0.25, 0.3) is 0 Å². The number of phenols is 1. The van der Waals surface area contributed by atoms with Crippen LogP contribution in [0.15, 0.2) is 23.1 Å². The zero-order valence-corrected chi connectivity index (χ0v) is 7.19. The number of benzene rings is 1. The van der Waals surface area contributed by atoms with Crippen molar-refractivity contribution in [2.45, 2.75) is 18.2 Å². The van der Waals surface area contributed by atoms with E-state index >= 15 is 0 Å². The summed E-state index contributed by atoms with van der Waals surface area (Å²) in [4.78, 5) is 0.740. The fourth-order valence-corrected chi connectivity index (χ4v) is 1.28. The van der Waals surface area contributed by atoms with Crippen molar-refractivity contribution in [3.05, 3.63) is 23.8 Å². The summed E-state index contributed by atoms with van der Waals surface area (Å²) in [6.07, 6.45) is 0.966. The van der Waals surface area contributed by atoms with Crippen molar-refractivity contribution < 1.29 is 5.11 Å². The minimum absolute atomic E-state index is 0.259. The van der Waals surface area contributed by atoms with Crippen LogP contribution >= 0.6 is 11.9 Å². The van der Waals surface area contributed by atoms with Gasteiger partial charge in [0.2, 0.25) is 0 Å². The Hall–Kier alpha value is -0.670. The highest BCUT2D eigenvalue weighted by Gasteiger charge is 1.99. The maximum atomic E-state index is 9.23. The van der Waals surface area contributed by atoms with Gasteiger partial charge >= 0.3 is 0 Å². The standard InChI is InChI=1S/C8H11NOS/c1-2-6-3-4-7(10)8(5-6)11-9/h3-5,10H,2,9H2,1H3. The fraction of sp³-hybridized carbons (Fsp3) is 0.250. The van der Waals surface area contributed by atoms with Crippen LogP contribution in [0.2, 0.25) is 0 Å². The van der Waals surface area contributed by atoms with Gasteiger partial charge < -0.3 is 5.11 Å². The molecule has 0 unspecified atom stereocenters. The Balaban J connectivity index is 3.02. The van der Waals surface area contributed by atoms with E-state index in [1.807, 2.05) is 12.1 Å². The van der Waals surface area contributed by atoms with Crippen molar-refractivity contribution in [2.24, 2.45) is 5.14 Å². The first-order valence-corrected chi connectivity index (χ1v) is 4.34. The topological polar surface area (TPSA) is 46.2 Å². The molecule has 0 atom stereocenters. The number of phenolic OH excluding ortho intramolecular Hbond substituents is 1.